The molecule has 1 aliphatic carbocycles. The van der Waals surface area contributed by atoms with Gasteiger partial charge in [-0.1, -0.05) is 50.7 Å². The van der Waals surface area contributed by atoms with Crippen molar-refractivity contribution in [1.82, 2.24) is 0 Å². The second-order valence-corrected chi connectivity index (χ2v) is 6.53. The first-order valence-corrected chi connectivity index (χ1v) is 7.35. The first kappa shape index (κ1) is 13.7. The van der Waals surface area contributed by atoms with Crippen molar-refractivity contribution in [3.63, 3.8) is 0 Å². The largest absolute Gasteiger partial charge is 0.298 e. The summed E-state index contributed by atoms with van der Waals surface area (Å²) in [5, 5.41) is 1.44. The fourth-order valence-electron chi connectivity index (χ4n) is 1.64. The quantitative estimate of drug-likeness (QED) is 0.552. The number of rotatable bonds is 4. The lowest BCUT2D eigenvalue weighted by molar-refractivity contribution is -0.119. The van der Waals surface area contributed by atoms with Gasteiger partial charge in [0.25, 0.3) is 0 Å². The van der Waals surface area contributed by atoms with Crippen molar-refractivity contribution in [2.75, 3.05) is 0 Å². The lowest BCUT2D eigenvalue weighted by Crippen LogP contribution is -2.18. The van der Waals surface area contributed by atoms with Gasteiger partial charge in [-0.2, -0.15) is 0 Å². The van der Waals surface area contributed by atoms with Crippen molar-refractivity contribution in [2.45, 2.75) is 24.1 Å². The minimum Gasteiger partial charge on any atom is -0.298 e. The summed E-state index contributed by atoms with van der Waals surface area (Å²) in [6, 6.07) is 3.34. The maximum atomic E-state index is 11.8. The molecule has 92 valence electrons. The number of alkyl halides is 1. The van der Waals surface area contributed by atoms with Gasteiger partial charge < -0.3 is 0 Å². The normalized spacial score (nSPS) is 16.9. The summed E-state index contributed by atoms with van der Waals surface area (Å²) in [6.45, 7) is 0. The predicted molar refractivity (Wildman–Crippen MR) is 75.6 cm³/mol. The average Bonchev–Trinajstić information content (AvgIpc) is 3.08. The summed E-state index contributed by atoms with van der Waals surface area (Å²) in [6.07, 6.45) is 2.57. The topological polar surface area (TPSA) is 17.1 Å². The van der Waals surface area contributed by atoms with E-state index in [4.69, 9.17) is 34.8 Å². The van der Waals surface area contributed by atoms with E-state index >= 15 is 0 Å². The Morgan fingerprint density at radius 1 is 1.24 bits per heavy atom. The highest BCUT2D eigenvalue weighted by Gasteiger charge is 2.33. The van der Waals surface area contributed by atoms with Crippen molar-refractivity contribution < 1.29 is 4.79 Å². The van der Waals surface area contributed by atoms with Crippen molar-refractivity contribution in [1.29, 1.82) is 0 Å². The smallest absolute Gasteiger partial charge is 0.149 e. The van der Waals surface area contributed by atoms with Gasteiger partial charge in [0.1, 0.15) is 5.78 Å². The molecular formula is C12H10BrCl3O. The Bertz CT molecular complexity index is 457. The van der Waals surface area contributed by atoms with Gasteiger partial charge >= 0.3 is 0 Å². The van der Waals surface area contributed by atoms with Crippen LogP contribution in [0.3, 0.4) is 0 Å². The third-order valence-electron chi connectivity index (χ3n) is 2.78. The molecular weight excluding hydrogens is 346 g/mol. The van der Waals surface area contributed by atoms with Crippen LogP contribution in [0, 0.1) is 5.92 Å². The van der Waals surface area contributed by atoms with Gasteiger partial charge in [-0.15, -0.1) is 0 Å². The van der Waals surface area contributed by atoms with Crippen molar-refractivity contribution in [3.05, 3.63) is 32.8 Å². The predicted octanol–water partition coefficient (Wildman–Crippen LogP) is 4.93. The van der Waals surface area contributed by atoms with Crippen molar-refractivity contribution in [2.24, 2.45) is 5.92 Å². The Hall–Kier alpha value is 0.240. The van der Waals surface area contributed by atoms with Crippen LogP contribution in [0.4, 0.5) is 0 Å². The zero-order valence-electron chi connectivity index (χ0n) is 8.85. The summed E-state index contributed by atoms with van der Waals surface area (Å²) >= 11 is 21.3. The Morgan fingerprint density at radius 3 is 2.41 bits per heavy atom. The summed E-state index contributed by atoms with van der Waals surface area (Å²) in [5.41, 5.74) is 0.844. The molecule has 1 aromatic carbocycles. The summed E-state index contributed by atoms with van der Waals surface area (Å²) in [4.78, 5) is 11.6. The minimum atomic E-state index is -0.190. The SMILES string of the molecule is O=C(C(Br)Cc1cc(Cl)c(Cl)cc1Cl)C1CC1. The highest BCUT2D eigenvalue weighted by Crippen LogP contribution is 2.35. The van der Waals surface area contributed by atoms with E-state index in [0.717, 1.165) is 18.4 Å². The molecule has 1 fully saturated rings. The molecule has 1 aromatic rings. The zero-order chi connectivity index (χ0) is 12.6. The van der Waals surface area contributed by atoms with Crippen LogP contribution in [-0.4, -0.2) is 10.6 Å². The molecule has 1 nitrogen and oxygen atoms in total. The molecule has 0 aliphatic heterocycles. The molecule has 2 rings (SSSR count). The number of carbonyl (C=O) groups is 1. The van der Waals surface area contributed by atoms with Crippen molar-refractivity contribution >= 4 is 56.5 Å². The second-order valence-electron chi connectivity index (χ2n) is 4.21. The number of hydrogen-bond donors (Lipinski definition) is 0. The molecule has 0 radical (unpaired) electrons. The molecule has 1 atom stereocenters. The zero-order valence-corrected chi connectivity index (χ0v) is 12.7. The average molecular weight is 356 g/mol. The maximum Gasteiger partial charge on any atom is 0.149 e. The summed E-state index contributed by atoms with van der Waals surface area (Å²) in [7, 11) is 0. The Balaban J connectivity index is 2.12. The Morgan fingerprint density at radius 2 is 1.82 bits per heavy atom. The molecule has 5 heteroatoms. The number of Topliss-reactive ketones (excluding diaryl/α,β-unsaturated/α-hetero) is 1. The molecule has 0 N–H and O–H groups in total. The van der Waals surface area contributed by atoms with Crippen LogP contribution < -0.4 is 0 Å². The summed E-state index contributed by atoms with van der Waals surface area (Å²) in [5.74, 6) is 0.494. The molecule has 1 unspecified atom stereocenters. The van der Waals surface area contributed by atoms with Gasteiger partial charge in [-0.3, -0.25) is 4.79 Å². The molecule has 0 amide bonds. The van der Waals surface area contributed by atoms with Crippen LogP contribution in [-0.2, 0) is 11.2 Å². The van der Waals surface area contributed by atoms with Gasteiger partial charge in [0.2, 0.25) is 0 Å². The van der Waals surface area contributed by atoms with E-state index in [1.54, 1.807) is 12.1 Å². The van der Waals surface area contributed by atoms with Crippen LogP contribution in [0.5, 0.6) is 0 Å². The minimum absolute atomic E-state index is 0.190. The third kappa shape index (κ3) is 3.37. The van der Waals surface area contributed by atoms with E-state index in [-0.39, 0.29) is 16.5 Å². The van der Waals surface area contributed by atoms with Gasteiger partial charge in [-0.25, -0.2) is 0 Å². The lowest BCUT2D eigenvalue weighted by atomic mass is 10.1. The molecule has 1 saturated carbocycles. The number of ketones is 1. The van der Waals surface area contributed by atoms with Gasteiger partial charge in [0, 0.05) is 10.9 Å². The maximum absolute atomic E-state index is 11.8. The van der Waals surface area contributed by atoms with Crippen LogP contribution in [0.2, 0.25) is 15.1 Å². The van der Waals surface area contributed by atoms with Crippen LogP contribution in [0.25, 0.3) is 0 Å². The van der Waals surface area contributed by atoms with Gasteiger partial charge in [-0.05, 0) is 37.0 Å². The first-order chi connectivity index (χ1) is 7.99. The van der Waals surface area contributed by atoms with E-state index in [1.807, 2.05) is 0 Å². The molecule has 0 aromatic heterocycles. The van der Waals surface area contributed by atoms with E-state index in [2.05, 4.69) is 15.9 Å². The molecule has 1 aliphatic rings. The van der Waals surface area contributed by atoms with Gasteiger partial charge in [0.15, 0.2) is 0 Å². The third-order valence-corrected chi connectivity index (χ3v) is 4.63. The summed E-state index contributed by atoms with van der Waals surface area (Å²) < 4.78 is 0. The van der Waals surface area contributed by atoms with Gasteiger partial charge in [0.05, 0.1) is 14.9 Å². The molecule has 0 bridgehead atoms. The molecule has 0 heterocycles. The standard InChI is InChI=1S/C12H10BrCl3O/c13-8(12(17)6-1-2-6)3-7-4-10(15)11(16)5-9(7)14/h4-6,8H,1-3H2. The van der Waals surface area contributed by atoms with Crippen LogP contribution >= 0.6 is 50.7 Å². The van der Waals surface area contributed by atoms with E-state index < -0.39 is 0 Å². The first-order valence-electron chi connectivity index (χ1n) is 5.30. The Kier molecular flexibility index (Phi) is 4.40. The highest BCUT2D eigenvalue weighted by molar-refractivity contribution is 9.10. The number of carbonyl (C=O) groups excluding carboxylic acids is 1. The number of hydrogen-bond acceptors (Lipinski definition) is 1. The van der Waals surface area contributed by atoms with Crippen LogP contribution in [0.15, 0.2) is 12.1 Å². The number of benzene rings is 1. The highest BCUT2D eigenvalue weighted by atomic mass is 79.9. The molecule has 17 heavy (non-hydrogen) atoms. The Labute approximate surface area is 124 Å². The molecule has 0 saturated heterocycles. The fourth-order valence-corrected chi connectivity index (χ4v) is 3.01. The van der Waals surface area contributed by atoms with Crippen LogP contribution in [0.1, 0.15) is 18.4 Å². The van der Waals surface area contributed by atoms with E-state index in [1.165, 1.54) is 0 Å². The second kappa shape index (κ2) is 5.48. The van der Waals surface area contributed by atoms with E-state index in [0.29, 0.717) is 21.5 Å². The molecule has 0 spiro atoms. The number of halogens is 4. The monoisotopic (exact) mass is 354 g/mol. The lowest BCUT2D eigenvalue weighted by Gasteiger charge is -2.10. The van der Waals surface area contributed by atoms with E-state index in [9.17, 15) is 4.79 Å². The fraction of sp³-hybridized carbons (Fsp3) is 0.417. The van der Waals surface area contributed by atoms with Crippen molar-refractivity contribution in [3.8, 4) is 0 Å².